The molecule has 0 amide bonds. The van der Waals surface area contributed by atoms with E-state index in [1.54, 1.807) is 0 Å². The first-order chi connectivity index (χ1) is 8.31. The zero-order chi connectivity index (χ0) is 11.7. The lowest BCUT2D eigenvalue weighted by Crippen LogP contribution is -2.26. The number of fused-ring (bicyclic) bond motifs is 2. The molecule has 0 aliphatic heterocycles. The second kappa shape index (κ2) is 2.74. The summed E-state index contributed by atoms with van der Waals surface area (Å²) in [6.45, 7) is 0. The van der Waals surface area contributed by atoms with E-state index in [1.807, 2.05) is 6.07 Å². The van der Waals surface area contributed by atoms with Crippen molar-refractivity contribution in [3.8, 4) is 0 Å². The van der Waals surface area contributed by atoms with E-state index in [4.69, 9.17) is 4.74 Å². The van der Waals surface area contributed by atoms with Crippen LogP contribution in [0.1, 0.15) is 24.8 Å². The number of hydrogen-bond donors (Lipinski definition) is 0. The molecule has 2 atom stereocenters. The molecule has 0 spiro atoms. The number of esters is 1. The molecule has 0 bridgehead atoms. The fourth-order valence-corrected chi connectivity index (χ4v) is 5.01. The number of carbonyl (C=O) groups is 1. The van der Waals surface area contributed by atoms with Crippen LogP contribution in [0.25, 0.3) is 0 Å². The monoisotopic (exact) mass is 228 g/mol. The predicted molar refractivity (Wildman–Crippen MR) is 63.4 cm³/mol. The van der Waals surface area contributed by atoms with Gasteiger partial charge in [0.05, 0.1) is 12.5 Å². The molecule has 3 fully saturated rings. The number of ether oxygens (including phenoxy) is 1. The zero-order valence-electron chi connectivity index (χ0n) is 9.98. The van der Waals surface area contributed by atoms with E-state index in [-0.39, 0.29) is 16.8 Å². The van der Waals surface area contributed by atoms with E-state index in [1.165, 1.54) is 31.9 Å². The van der Waals surface area contributed by atoms with Crippen LogP contribution >= 0.6 is 0 Å². The first-order valence-electron chi connectivity index (χ1n) is 6.45. The summed E-state index contributed by atoms with van der Waals surface area (Å²) >= 11 is 0. The Morgan fingerprint density at radius 3 is 2.47 bits per heavy atom. The van der Waals surface area contributed by atoms with E-state index in [0.29, 0.717) is 11.8 Å². The Bertz CT molecular complexity index is 479. The van der Waals surface area contributed by atoms with Crippen molar-refractivity contribution in [2.24, 2.45) is 17.3 Å². The first kappa shape index (κ1) is 9.69. The molecule has 0 N–H and O–H groups in total. The number of carbonyl (C=O) groups excluding carboxylic acids is 1. The standard InChI is InChI=1S/C15H16O2/c1-17-13(16)15-11-8-5-9-12(15)14(11,15)10-6-3-2-4-7-10/h2-4,6-7,11-12H,5,8-9H2,1H3/t11-,12-,14?,15?/m1/s1. The number of hydrogen-bond acceptors (Lipinski definition) is 2. The summed E-state index contributed by atoms with van der Waals surface area (Å²) in [5.74, 6) is 1.16. The van der Waals surface area contributed by atoms with Crippen molar-refractivity contribution in [2.45, 2.75) is 24.7 Å². The molecule has 0 saturated heterocycles. The Morgan fingerprint density at radius 1 is 1.24 bits per heavy atom. The summed E-state index contributed by atoms with van der Waals surface area (Å²) in [4.78, 5) is 12.1. The molecule has 88 valence electrons. The summed E-state index contributed by atoms with van der Waals surface area (Å²) in [5.41, 5.74) is 1.40. The van der Waals surface area contributed by atoms with E-state index >= 15 is 0 Å². The van der Waals surface area contributed by atoms with Crippen molar-refractivity contribution in [1.29, 1.82) is 0 Å². The minimum Gasteiger partial charge on any atom is -0.469 e. The van der Waals surface area contributed by atoms with E-state index < -0.39 is 0 Å². The van der Waals surface area contributed by atoms with Crippen LogP contribution in [0.2, 0.25) is 0 Å². The van der Waals surface area contributed by atoms with Gasteiger partial charge >= 0.3 is 5.97 Å². The fraction of sp³-hybridized carbons (Fsp3) is 0.533. The van der Waals surface area contributed by atoms with Gasteiger partial charge in [-0.15, -0.1) is 0 Å². The molecule has 0 aromatic heterocycles. The maximum absolute atomic E-state index is 12.1. The minimum atomic E-state index is -0.124. The number of methoxy groups -OCH3 is 1. The molecule has 0 heterocycles. The van der Waals surface area contributed by atoms with Crippen molar-refractivity contribution in [3.05, 3.63) is 35.9 Å². The van der Waals surface area contributed by atoms with Crippen LogP contribution in [0, 0.1) is 17.3 Å². The molecule has 3 aliphatic carbocycles. The average molecular weight is 228 g/mol. The van der Waals surface area contributed by atoms with E-state index in [2.05, 4.69) is 24.3 Å². The van der Waals surface area contributed by atoms with E-state index in [9.17, 15) is 4.79 Å². The zero-order valence-corrected chi connectivity index (χ0v) is 9.98. The van der Waals surface area contributed by atoms with Crippen LogP contribution in [0.15, 0.2) is 30.3 Å². The van der Waals surface area contributed by atoms with Gasteiger partial charge in [0.1, 0.15) is 0 Å². The van der Waals surface area contributed by atoms with Crippen molar-refractivity contribution in [1.82, 2.24) is 0 Å². The highest BCUT2D eigenvalue weighted by Crippen LogP contribution is 2.97. The SMILES string of the molecule is COC(=O)C12[C@@H]3CCC[C@@H]1C32c1ccccc1. The molecular formula is C15H16O2. The Kier molecular flexibility index (Phi) is 1.56. The maximum Gasteiger partial charge on any atom is 0.313 e. The molecule has 0 radical (unpaired) electrons. The molecule has 17 heavy (non-hydrogen) atoms. The molecule has 1 aromatic rings. The van der Waals surface area contributed by atoms with Crippen LogP contribution in [0.4, 0.5) is 0 Å². The van der Waals surface area contributed by atoms with Crippen molar-refractivity contribution >= 4 is 5.97 Å². The third-order valence-corrected chi connectivity index (χ3v) is 5.48. The largest absolute Gasteiger partial charge is 0.469 e. The van der Waals surface area contributed by atoms with Crippen molar-refractivity contribution in [3.63, 3.8) is 0 Å². The quantitative estimate of drug-likeness (QED) is 0.727. The Hall–Kier alpha value is -1.31. The lowest BCUT2D eigenvalue weighted by molar-refractivity contribution is -0.146. The van der Waals surface area contributed by atoms with Crippen LogP contribution in [-0.2, 0) is 14.9 Å². The summed E-state index contributed by atoms with van der Waals surface area (Å²) in [7, 11) is 1.53. The van der Waals surface area contributed by atoms with Crippen LogP contribution in [-0.4, -0.2) is 13.1 Å². The van der Waals surface area contributed by atoms with Gasteiger partial charge in [-0.3, -0.25) is 4.79 Å². The van der Waals surface area contributed by atoms with Gasteiger partial charge in [0, 0.05) is 5.41 Å². The maximum atomic E-state index is 12.1. The molecular weight excluding hydrogens is 212 g/mol. The van der Waals surface area contributed by atoms with Gasteiger partial charge in [-0.05, 0) is 30.2 Å². The smallest absolute Gasteiger partial charge is 0.313 e. The minimum absolute atomic E-state index is 0.0380. The second-order valence-corrected chi connectivity index (χ2v) is 5.63. The van der Waals surface area contributed by atoms with Crippen molar-refractivity contribution < 1.29 is 9.53 Å². The molecule has 0 unspecified atom stereocenters. The van der Waals surface area contributed by atoms with Gasteiger partial charge in [0.2, 0.25) is 0 Å². The third-order valence-electron chi connectivity index (χ3n) is 5.48. The summed E-state index contributed by atoms with van der Waals surface area (Å²) in [6, 6.07) is 10.6. The topological polar surface area (TPSA) is 26.3 Å². The van der Waals surface area contributed by atoms with Crippen LogP contribution in [0.5, 0.6) is 0 Å². The van der Waals surface area contributed by atoms with Gasteiger partial charge in [0.15, 0.2) is 0 Å². The lowest BCUT2D eigenvalue weighted by atomic mass is 9.77. The van der Waals surface area contributed by atoms with Gasteiger partial charge in [-0.2, -0.15) is 0 Å². The number of rotatable bonds is 2. The molecule has 2 heteroatoms. The average Bonchev–Trinajstić information content (AvgIpc) is 3.26. The van der Waals surface area contributed by atoms with Gasteiger partial charge in [0.25, 0.3) is 0 Å². The van der Waals surface area contributed by atoms with Gasteiger partial charge in [-0.1, -0.05) is 36.8 Å². The molecule has 1 aromatic carbocycles. The van der Waals surface area contributed by atoms with E-state index in [0.717, 1.165) is 0 Å². The lowest BCUT2D eigenvalue weighted by Gasteiger charge is -2.27. The van der Waals surface area contributed by atoms with Gasteiger partial charge < -0.3 is 4.74 Å². The highest BCUT2D eigenvalue weighted by Gasteiger charge is 3.01. The highest BCUT2D eigenvalue weighted by atomic mass is 16.5. The summed E-state index contributed by atoms with van der Waals surface area (Å²) in [5, 5.41) is 0. The third kappa shape index (κ3) is 0.763. The fourth-order valence-electron chi connectivity index (χ4n) is 5.01. The molecule has 4 rings (SSSR count). The molecule has 3 aliphatic rings. The second-order valence-electron chi connectivity index (χ2n) is 5.63. The first-order valence-corrected chi connectivity index (χ1v) is 6.45. The normalized spacial score (nSPS) is 44.8. The predicted octanol–water partition coefficient (Wildman–Crippen LogP) is 2.53. The van der Waals surface area contributed by atoms with Crippen LogP contribution in [0.3, 0.4) is 0 Å². The highest BCUT2D eigenvalue weighted by molar-refractivity contribution is 5.93. The van der Waals surface area contributed by atoms with Crippen molar-refractivity contribution in [2.75, 3.05) is 7.11 Å². The molecule has 3 saturated carbocycles. The van der Waals surface area contributed by atoms with Gasteiger partial charge in [-0.25, -0.2) is 0 Å². The number of benzene rings is 1. The Morgan fingerprint density at radius 2 is 1.88 bits per heavy atom. The summed E-state index contributed by atoms with van der Waals surface area (Å²) in [6.07, 6.45) is 3.67. The molecule has 2 nitrogen and oxygen atoms in total. The Balaban J connectivity index is 1.80. The summed E-state index contributed by atoms with van der Waals surface area (Å²) < 4.78 is 5.06. The van der Waals surface area contributed by atoms with Crippen LogP contribution < -0.4 is 0 Å². The Labute approximate surface area is 101 Å².